The van der Waals surface area contributed by atoms with Crippen molar-refractivity contribution < 1.29 is 18.0 Å². The van der Waals surface area contributed by atoms with E-state index in [4.69, 9.17) is 5.73 Å². The SMILES string of the molecule is Cc1c(NC(=O)c2ccc(S(=O)(=O)N(C)C)cc2)cccc1C(N)=O. The lowest BCUT2D eigenvalue weighted by Gasteiger charge is -2.13. The van der Waals surface area contributed by atoms with Gasteiger partial charge in [0.25, 0.3) is 5.91 Å². The van der Waals surface area contributed by atoms with Gasteiger partial charge in [0.05, 0.1) is 4.90 Å². The van der Waals surface area contributed by atoms with Gasteiger partial charge in [-0.15, -0.1) is 0 Å². The van der Waals surface area contributed by atoms with Crippen LogP contribution >= 0.6 is 0 Å². The van der Waals surface area contributed by atoms with E-state index in [1.54, 1.807) is 25.1 Å². The van der Waals surface area contributed by atoms with Crippen molar-refractivity contribution in [3.63, 3.8) is 0 Å². The molecule has 0 aliphatic heterocycles. The Bertz CT molecular complexity index is 919. The first-order valence-electron chi connectivity index (χ1n) is 7.38. The number of anilines is 1. The molecule has 0 aliphatic carbocycles. The van der Waals surface area contributed by atoms with Crippen molar-refractivity contribution in [3.05, 3.63) is 59.2 Å². The molecule has 8 heteroatoms. The summed E-state index contributed by atoms with van der Waals surface area (Å²) in [5, 5.41) is 2.70. The topological polar surface area (TPSA) is 110 Å². The highest BCUT2D eigenvalue weighted by atomic mass is 32.2. The monoisotopic (exact) mass is 361 g/mol. The van der Waals surface area contributed by atoms with Crippen molar-refractivity contribution in [1.29, 1.82) is 0 Å². The number of carbonyl (C=O) groups is 2. The number of nitrogens with two attached hydrogens (primary N) is 1. The lowest BCUT2D eigenvalue weighted by Crippen LogP contribution is -2.22. The van der Waals surface area contributed by atoms with Crippen molar-refractivity contribution >= 4 is 27.5 Å². The second-order valence-corrected chi connectivity index (χ2v) is 7.76. The third kappa shape index (κ3) is 3.86. The number of nitrogens with one attached hydrogen (secondary N) is 1. The second-order valence-electron chi connectivity index (χ2n) is 5.61. The molecular formula is C17H19N3O4S. The Balaban J connectivity index is 2.26. The van der Waals surface area contributed by atoms with E-state index >= 15 is 0 Å². The number of nitrogens with zero attached hydrogens (tertiary/aromatic N) is 1. The van der Waals surface area contributed by atoms with Crippen molar-refractivity contribution in [1.82, 2.24) is 4.31 Å². The molecule has 0 heterocycles. The van der Waals surface area contributed by atoms with E-state index in [0.717, 1.165) is 4.31 Å². The lowest BCUT2D eigenvalue weighted by atomic mass is 10.1. The lowest BCUT2D eigenvalue weighted by molar-refractivity contribution is 0.0995. The summed E-state index contributed by atoms with van der Waals surface area (Å²) in [5.74, 6) is -0.995. The molecule has 0 bridgehead atoms. The van der Waals surface area contributed by atoms with Crippen molar-refractivity contribution in [2.24, 2.45) is 5.73 Å². The summed E-state index contributed by atoms with van der Waals surface area (Å²) in [6, 6.07) is 10.5. The van der Waals surface area contributed by atoms with Crippen LogP contribution in [0.15, 0.2) is 47.4 Å². The first-order chi connectivity index (χ1) is 11.6. The summed E-state index contributed by atoms with van der Waals surface area (Å²) in [7, 11) is -0.680. The van der Waals surface area contributed by atoms with E-state index in [-0.39, 0.29) is 4.90 Å². The van der Waals surface area contributed by atoms with Crippen LogP contribution in [-0.4, -0.2) is 38.6 Å². The fourth-order valence-electron chi connectivity index (χ4n) is 2.22. The molecule has 0 fully saturated rings. The van der Waals surface area contributed by atoms with E-state index in [0.29, 0.717) is 22.4 Å². The zero-order valence-corrected chi connectivity index (χ0v) is 14.9. The first-order valence-corrected chi connectivity index (χ1v) is 8.82. The van der Waals surface area contributed by atoms with Gasteiger partial charge in [-0.1, -0.05) is 6.07 Å². The molecule has 0 spiro atoms. The molecule has 0 atom stereocenters. The molecule has 3 N–H and O–H groups in total. The van der Waals surface area contributed by atoms with Crippen molar-refractivity contribution in [2.75, 3.05) is 19.4 Å². The molecule has 0 saturated heterocycles. The van der Waals surface area contributed by atoms with Crippen LogP contribution in [0.2, 0.25) is 0 Å². The van der Waals surface area contributed by atoms with Gasteiger partial charge < -0.3 is 11.1 Å². The van der Waals surface area contributed by atoms with Gasteiger partial charge in [-0.25, -0.2) is 12.7 Å². The summed E-state index contributed by atoms with van der Waals surface area (Å²) in [6.07, 6.45) is 0. The van der Waals surface area contributed by atoms with Gasteiger partial charge in [-0.2, -0.15) is 0 Å². The van der Waals surface area contributed by atoms with Crippen LogP contribution in [0.25, 0.3) is 0 Å². The zero-order chi connectivity index (χ0) is 18.8. The largest absolute Gasteiger partial charge is 0.366 e. The van der Waals surface area contributed by atoms with Crippen molar-refractivity contribution in [2.45, 2.75) is 11.8 Å². The summed E-state index contributed by atoms with van der Waals surface area (Å²) < 4.78 is 25.2. The van der Waals surface area contributed by atoms with Gasteiger partial charge in [-0.05, 0) is 48.9 Å². The maximum Gasteiger partial charge on any atom is 0.255 e. The number of benzene rings is 2. The van der Waals surface area contributed by atoms with E-state index < -0.39 is 21.8 Å². The molecule has 2 amide bonds. The number of rotatable bonds is 5. The van der Waals surface area contributed by atoms with Gasteiger partial charge in [0.1, 0.15) is 0 Å². The quantitative estimate of drug-likeness (QED) is 0.843. The minimum atomic E-state index is -3.55. The summed E-state index contributed by atoms with van der Waals surface area (Å²) in [6.45, 7) is 1.68. The summed E-state index contributed by atoms with van der Waals surface area (Å²) >= 11 is 0. The molecule has 132 valence electrons. The Morgan fingerprint density at radius 3 is 2.16 bits per heavy atom. The minimum absolute atomic E-state index is 0.0981. The van der Waals surface area contributed by atoms with E-state index in [1.807, 2.05) is 0 Å². The Kier molecular flexibility index (Phi) is 5.24. The Morgan fingerprint density at radius 1 is 1.04 bits per heavy atom. The average molecular weight is 361 g/mol. The highest BCUT2D eigenvalue weighted by molar-refractivity contribution is 7.89. The van der Waals surface area contributed by atoms with Gasteiger partial charge in [0.2, 0.25) is 15.9 Å². The molecule has 25 heavy (non-hydrogen) atoms. The van der Waals surface area contributed by atoms with E-state index in [1.165, 1.54) is 38.4 Å². The summed E-state index contributed by atoms with van der Waals surface area (Å²) in [4.78, 5) is 23.8. The maximum atomic E-state index is 12.4. The standard InChI is InChI=1S/C17H19N3O4S/c1-11-14(16(18)21)5-4-6-15(11)19-17(22)12-7-9-13(10-8-12)25(23,24)20(2)3/h4-10H,1-3H3,(H2,18,21)(H,19,22). The van der Waals surface area contributed by atoms with Crippen LogP contribution in [-0.2, 0) is 10.0 Å². The Morgan fingerprint density at radius 2 is 1.64 bits per heavy atom. The van der Waals surface area contributed by atoms with Crippen LogP contribution in [0.4, 0.5) is 5.69 Å². The molecule has 0 aliphatic rings. The van der Waals surface area contributed by atoms with E-state index in [9.17, 15) is 18.0 Å². The number of carbonyl (C=O) groups excluding carboxylic acids is 2. The van der Waals surface area contributed by atoms with Gasteiger partial charge in [0, 0.05) is 30.9 Å². The number of hydrogen-bond donors (Lipinski definition) is 2. The van der Waals surface area contributed by atoms with Gasteiger partial charge in [0.15, 0.2) is 0 Å². The second kappa shape index (κ2) is 7.04. The van der Waals surface area contributed by atoms with Crippen LogP contribution < -0.4 is 11.1 Å². The predicted octanol–water partition coefficient (Wildman–Crippen LogP) is 1.60. The molecule has 7 nitrogen and oxygen atoms in total. The Labute approximate surface area is 146 Å². The number of primary amides is 1. The molecule has 0 saturated carbocycles. The molecule has 2 aromatic rings. The normalized spacial score (nSPS) is 11.4. The van der Waals surface area contributed by atoms with E-state index in [2.05, 4.69) is 5.32 Å². The maximum absolute atomic E-state index is 12.4. The molecule has 0 radical (unpaired) electrons. The third-order valence-electron chi connectivity index (χ3n) is 3.74. The minimum Gasteiger partial charge on any atom is -0.366 e. The van der Waals surface area contributed by atoms with Gasteiger partial charge >= 0.3 is 0 Å². The van der Waals surface area contributed by atoms with Crippen LogP contribution in [0.5, 0.6) is 0 Å². The smallest absolute Gasteiger partial charge is 0.255 e. The first kappa shape index (κ1) is 18.6. The predicted molar refractivity (Wildman–Crippen MR) is 95.0 cm³/mol. The average Bonchev–Trinajstić information content (AvgIpc) is 2.56. The highest BCUT2D eigenvalue weighted by Gasteiger charge is 2.18. The molecular weight excluding hydrogens is 342 g/mol. The third-order valence-corrected chi connectivity index (χ3v) is 5.57. The molecule has 2 rings (SSSR count). The number of hydrogen-bond acceptors (Lipinski definition) is 4. The van der Waals surface area contributed by atoms with Crippen molar-refractivity contribution in [3.8, 4) is 0 Å². The van der Waals surface area contributed by atoms with Crippen LogP contribution in [0.3, 0.4) is 0 Å². The zero-order valence-electron chi connectivity index (χ0n) is 14.1. The molecule has 0 aromatic heterocycles. The number of sulfonamides is 1. The molecule has 2 aromatic carbocycles. The van der Waals surface area contributed by atoms with Gasteiger partial charge in [-0.3, -0.25) is 9.59 Å². The van der Waals surface area contributed by atoms with Crippen LogP contribution in [0, 0.1) is 6.92 Å². The number of amides is 2. The van der Waals surface area contributed by atoms with Crippen LogP contribution in [0.1, 0.15) is 26.3 Å². The Hall–Kier alpha value is -2.71. The summed E-state index contributed by atoms with van der Waals surface area (Å²) in [5.41, 5.74) is 6.94. The molecule has 0 unspecified atom stereocenters. The fraction of sp³-hybridized carbons (Fsp3) is 0.176. The highest BCUT2D eigenvalue weighted by Crippen LogP contribution is 2.20. The fourth-order valence-corrected chi connectivity index (χ4v) is 3.12.